The van der Waals surface area contributed by atoms with Crippen molar-refractivity contribution < 1.29 is 20.1 Å². The van der Waals surface area contributed by atoms with Gasteiger partial charge in [0.05, 0.1) is 16.8 Å². The number of hydrogen-bond acceptors (Lipinski definition) is 4. The molecule has 0 atom stereocenters. The van der Waals surface area contributed by atoms with Gasteiger partial charge in [0.25, 0.3) is 0 Å². The number of benzene rings is 1. The van der Waals surface area contributed by atoms with Crippen molar-refractivity contribution in [3.05, 3.63) is 34.4 Å². The molecule has 0 spiro atoms. The molecule has 0 aromatic heterocycles. The van der Waals surface area contributed by atoms with Crippen molar-refractivity contribution in [2.45, 2.75) is 64.8 Å². The van der Waals surface area contributed by atoms with Gasteiger partial charge in [0.2, 0.25) is 0 Å². The van der Waals surface area contributed by atoms with Crippen LogP contribution >= 0.6 is 0 Å². The Labute approximate surface area is 126 Å². The van der Waals surface area contributed by atoms with Crippen LogP contribution in [0.25, 0.3) is 0 Å². The molecule has 0 aliphatic heterocycles. The van der Waals surface area contributed by atoms with Gasteiger partial charge in [-0.2, -0.15) is 0 Å². The number of aliphatic hydroxyl groups is 3. The minimum atomic E-state index is -1.18. The Bertz CT molecular complexity index is 490. The molecule has 4 nitrogen and oxygen atoms in total. The van der Waals surface area contributed by atoms with E-state index in [1.165, 1.54) is 0 Å². The maximum atomic E-state index is 11.0. The van der Waals surface area contributed by atoms with Crippen LogP contribution in [0.15, 0.2) is 12.1 Å². The predicted molar refractivity (Wildman–Crippen MR) is 81.9 cm³/mol. The van der Waals surface area contributed by atoms with Crippen LogP contribution in [0.2, 0.25) is 0 Å². The lowest BCUT2D eigenvalue weighted by atomic mass is 9.79. The molecule has 0 saturated heterocycles. The summed E-state index contributed by atoms with van der Waals surface area (Å²) in [6, 6.07) is 3.40. The minimum absolute atomic E-state index is 0.102. The molecule has 3 N–H and O–H groups in total. The highest BCUT2D eigenvalue weighted by Gasteiger charge is 2.30. The minimum Gasteiger partial charge on any atom is -0.386 e. The second-order valence-corrected chi connectivity index (χ2v) is 7.10. The van der Waals surface area contributed by atoms with Crippen LogP contribution in [0.3, 0.4) is 0 Å². The molecule has 0 unspecified atom stereocenters. The quantitative estimate of drug-likeness (QED) is 0.727. The smallest absolute Gasteiger partial charge is 0.124 e. The van der Waals surface area contributed by atoms with Crippen LogP contribution in [-0.2, 0) is 28.0 Å². The molecule has 4 heteroatoms. The molecule has 1 rings (SSSR count). The molecule has 0 bridgehead atoms. The van der Waals surface area contributed by atoms with E-state index in [0.29, 0.717) is 22.3 Å². The molecule has 118 valence electrons. The first-order valence-corrected chi connectivity index (χ1v) is 7.07. The molecule has 21 heavy (non-hydrogen) atoms. The van der Waals surface area contributed by atoms with Gasteiger partial charge in [-0.3, -0.25) is 0 Å². The second kappa shape index (κ2) is 5.52. The van der Waals surface area contributed by atoms with E-state index in [0.717, 1.165) is 6.29 Å². The fraction of sp³-hybridized carbons (Fsp3) is 0.588. The van der Waals surface area contributed by atoms with Crippen molar-refractivity contribution in [1.82, 2.24) is 0 Å². The molecule has 1 aromatic carbocycles. The normalized spacial score (nSPS) is 13.4. The summed E-state index contributed by atoms with van der Waals surface area (Å²) in [6.07, 6.45) is 0.856. The fourth-order valence-corrected chi connectivity index (χ4v) is 2.42. The first kappa shape index (κ1) is 17.8. The molecule has 0 fully saturated rings. The number of carbonyl (C=O) groups is 1. The Morgan fingerprint density at radius 1 is 0.857 bits per heavy atom. The Morgan fingerprint density at radius 3 is 1.48 bits per heavy atom. The summed E-state index contributed by atoms with van der Waals surface area (Å²) in [7, 11) is 0. The van der Waals surface area contributed by atoms with E-state index >= 15 is 0 Å². The number of hydrogen-bond donors (Lipinski definition) is 3. The van der Waals surface area contributed by atoms with Crippen molar-refractivity contribution in [2.75, 3.05) is 0 Å². The van der Waals surface area contributed by atoms with Crippen LogP contribution in [0.4, 0.5) is 0 Å². The Kier molecular flexibility index (Phi) is 4.68. The van der Waals surface area contributed by atoms with Crippen molar-refractivity contribution >= 4 is 6.29 Å². The summed E-state index contributed by atoms with van der Waals surface area (Å²) in [5.74, 6) is 0. The molecule has 0 aliphatic carbocycles. The Morgan fingerprint density at radius 2 is 1.24 bits per heavy atom. The van der Waals surface area contributed by atoms with E-state index in [2.05, 4.69) is 0 Å². The van der Waals surface area contributed by atoms with E-state index in [-0.39, 0.29) is 6.42 Å². The first-order valence-electron chi connectivity index (χ1n) is 7.07. The summed E-state index contributed by atoms with van der Waals surface area (Å²) in [6.45, 7) is 9.78. The first-order chi connectivity index (χ1) is 9.28. The lowest BCUT2D eigenvalue weighted by Crippen LogP contribution is -2.27. The fourth-order valence-electron chi connectivity index (χ4n) is 2.42. The largest absolute Gasteiger partial charge is 0.386 e. The van der Waals surface area contributed by atoms with E-state index in [9.17, 15) is 20.1 Å². The number of aldehydes is 1. The van der Waals surface area contributed by atoms with Gasteiger partial charge >= 0.3 is 0 Å². The highest BCUT2D eigenvalue weighted by Crippen LogP contribution is 2.36. The number of rotatable bonds is 5. The molecule has 0 heterocycles. The van der Waals surface area contributed by atoms with Gasteiger partial charge in [-0.15, -0.1) is 0 Å². The van der Waals surface area contributed by atoms with Gasteiger partial charge in [-0.05, 0) is 75.9 Å². The standard InChI is InChI=1S/C17H26O4/c1-15(2,19)11-9-13(16(3,4)20)12(7-8-18)14(10-11)17(5,6)21/h8-10,19-21H,7H2,1-6H3. The van der Waals surface area contributed by atoms with Crippen LogP contribution in [0.5, 0.6) is 0 Å². The van der Waals surface area contributed by atoms with Gasteiger partial charge in [0, 0.05) is 6.42 Å². The molecule has 1 aromatic rings. The van der Waals surface area contributed by atoms with Crippen molar-refractivity contribution in [3.8, 4) is 0 Å². The van der Waals surface area contributed by atoms with Crippen LogP contribution in [-0.4, -0.2) is 21.6 Å². The van der Waals surface area contributed by atoms with Crippen LogP contribution in [0.1, 0.15) is 63.8 Å². The maximum absolute atomic E-state index is 11.0. The van der Waals surface area contributed by atoms with E-state index < -0.39 is 16.8 Å². The third kappa shape index (κ3) is 4.13. The zero-order valence-corrected chi connectivity index (χ0v) is 13.7. The Balaban J connectivity index is 3.79. The number of carbonyl (C=O) groups excluding carboxylic acids is 1. The highest BCUT2D eigenvalue weighted by atomic mass is 16.3. The predicted octanol–water partition coefficient (Wildman–Crippen LogP) is 2.11. The van der Waals surface area contributed by atoms with Crippen LogP contribution in [0, 0.1) is 0 Å². The topological polar surface area (TPSA) is 77.8 Å². The summed E-state index contributed by atoms with van der Waals surface area (Å²) in [5, 5.41) is 31.1. The summed E-state index contributed by atoms with van der Waals surface area (Å²) in [5.41, 5.74) is -1.18. The van der Waals surface area contributed by atoms with Gasteiger partial charge in [0.1, 0.15) is 6.29 Å². The molecule has 0 aliphatic rings. The zero-order chi connectivity index (χ0) is 16.6. The lowest BCUT2D eigenvalue weighted by molar-refractivity contribution is -0.107. The molecular weight excluding hydrogens is 268 g/mol. The van der Waals surface area contributed by atoms with Crippen LogP contribution < -0.4 is 0 Å². The van der Waals surface area contributed by atoms with E-state index in [4.69, 9.17) is 0 Å². The van der Waals surface area contributed by atoms with E-state index in [1.54, 1.807) is 53.7 Å². The van der Waals surface area contributed by atoms with Crippen molar-refractivity contribution in [3.63, 3.8) is 0 Å². The van der Waals surface area contributed by atoms with Gasteiger partial charge in [-0.25, -0.2) is 0 Å². The second-order valence-electron chi connectivity index (χ2n) is 7.10. The van der Waals surface area contributed by atoms with E-state index in [1.807, 2.05) is 0 Å². The monoisotopic (exact) mass is 294 g/mol. The summed E-state index contributed by atoms with van der Waals surface area (Å²) >= 11 is 0. The highest BCUT2D eigenvalue weighted by molar-refractivity contribution is 5.60. The molecule has 0 amide bonds. The van der Waals surface area contributed by atoms with Gasteiger partial charge in [-0.1, -0.05) is 0 Å². The molecule has 0 radical (unpaired) electrons. The average Bonchev–Trinajstić information content (AvgIpc) is 2.24. The third-order valence-corrected chi connectivity index (χ3v) is 3.56. The summed E-state index contributed by atoms with van der Waals surface area (Å²) in [4.78, 5) is 11.0. The third-order valence-electron chi connectivity index (χ3n) is 3.56. The summed E-state index contributed by atoms with van der Waals surface area (Å²) < 4.78 is 0. The maximum Gasteiger partial charge on any atom is 0.124 e. The van der Waals surface area contributed by atoms with Crippen molar-refractivity contribution in [1.29, 1.82) is 0 Å². The van der Waals surface area contributed by atoms with Gasteiger partial charge < -0.3 is 20.1 Å². The molecular formula is C17H26O4. The zero-order valence-electron chi connectivity index (χ0n) is 13.7. The SMILES string of the molecule is CC(C)(O)c1cc(C(C)(C)O)c(CC=O)c(C(C)(C)O)c1. The molecule has 0 saturated carbocycles. The van der Waals surface area contributed by atoms with Gasteiger partial charge in [0.15, 0.2) is 0 Å². The lowest BCUT2D eigenvalue weighted by Gasteiger charge is -2.31. The Hall–Kier alpha value is -1.23. The average molecular weight is 294 g/mol. The van der Waals surface area contributed by atoms with Crippen molar-refractivity contribution in [2.24, 2.45) is 0 Å².